The molecule has 2 aliphatic heterocycles. The molecule has 0 radical (unpaired) electrons. The molecule has 0 spiro atoms. The second kappa shape index (κ2) is 8.69. The van der Waals surface area contributed by atoms with Crippen LogP contribution in [0.15, 0.2) is 51.0 Å². The van der Waals surface area contributed by atoms with Crippen molar-refractivity contribution < 1.29 is 14.6 Å². The average molecular weight is 489 g/mol. The van der Waals surface area contributed by atoms with Crippen LogP contribution < -0.4 is 20.6 Å². The van der Waals surface area contributed by atoms with Gasteiger partial charge in [0, 0.05) is 16.5 Å². The highest BCUT2D eigenvalue weighted by atomic mass is 79.9. The van der Waals surface area contributed by atoms with Gasteiger partial charge < -0.3 is 9.84 Å². The Morgan fingerprint density at radius 3 is 2.90 bits per heavy atom. The van der Waals surface area contributed by atoms with E-state index in [9.17, 15) is 9.90 Å². The first-order valence-electron chi connectivity index (χ1n) is 9.59. The Labute approximate surface area is 186 Å². The van der Waals surface area contributed by atoms with Crippen molar-refractivity contribution in [2.45, 2.75) is 25.9 Å². The number of hydrogen-bond donors (Lipinski definition) is 2. The molecule has 0 aliphatic carbocycles. The molecule has 0 fully saturated rings. The molecule has 9 heteroatoms. The maximum absolute atomic E-state index is 13.1. The van der Waals surface area contributed by atoms with Gasteiger partial charge in [0.05, 0.1) is 16.9 Å². The lowest BCUT2D eigenvalue weighted by Gasteiger charge is -2.34. The lowest BCUT2D eigenvalue weighted by atomic mass is 10.1. The number of nitrogens with one attached hydrogen (secondary N) is 1. The summed E-state index contributed by atoms with van der Waals surface area (Å²) < 4.78 is 5.79. The van der Waals surface area contributed by atoms with Crippen LogP contribution >= 0.6 is 27.7 Å². The molecule has 2 heterocycles. The summed E-state index contributed by atoms with van der Waals surface area (Å²) in [6, 6.07) is 11.0. The molecule has 7 nitrogen and oxygen atoms in total. The molecular formula is C21H21BrN4O3S. The minimum atomic E-state index is -0.575. The van der Waals surface area contributed by atoms with Crippen LogP contribution in [0.2, 0.25) is 0 Å². The molecule has 1 atom stereocenters. The number of thioether (sulfide) groups is 1. The van der Waals surface area contributed by atoms with Gasteiger partial charge in [-0.15, -0.1) is 5.10 Å². The van der Waals surface area contributed by atoms with Crippen LogP contribution in [0.3, 0.4) is 0 Å². The normalized spacial score (nSPS) is 17.5. The van der Waals surface area contributed by atoms with Gasteiger partial charge >= 0.3 is 0 Å². The molecular weight excluding hydrogens is 468 g/mol. The number of carbonyl (C=O) groups is 1. The number of hydrogen-bond acceptors (Lipinski definition) is 7. The van der Waals surface area contributed by atoms with Crippen molar-refractivity contribution in [1.82, 2.24) is 10.3 Å². The summed E-state index contributed by atoms with van der Waals surface area (Å²) in [6.07, 6.45) is 1.53. The largest absolute Gasteiger partial charge is 0.503 e. The van der Waals surface area contributed by atoms with Crippen molar-refractivity contribution in [3.8, 4) is 11.5 Å². The molecule has 30 heavy (non-hydrogen) atoms. The molecule has 2 N–H and O–H groups in total. The van der Waals surface area contributed by atoms with Gasteiger partial charge in [0.15, 0.2) is 22.8 Å². The number of rotatable bonds is 5. The molecule has 1 unspecified atom stereocenters. The third kappa shape index (κ3) is 3.79. The summed E-state index contributed by atoms with van der Waals surface area (Å²) >= 11 is 4.89. The summed E-state index contributed by atoms with van der Waals surface area (Å²) in [6.45, 7) is 2.13. The fourth-order valence-electron chi connectivity index (χ4n) is 3.32. The maximum atomic E-state index is 13.1. The van der Waals surface area contributed by atoms with Gasteiger partial charge in [-0.1, -0.05) is 43.3 Å². The quantitative estimate of drug-likeness (QED) is 0.631. The number of nitrogens with zero attached hydrogens (tertiary/aromatic N) is 3. The predicted octanol–water partition coefficient (Wildman–Crippen LogP) is 2.84. The topological polar surface area (TPSA) is 86.5 Å². The number of carbonyl (C=O) groups excluding carboxylic acids is 1. The van der Waals surface area contributed by atoms with E-state index in [0.29, 0.717) is 26.4 Å². The third-order valence-electron chi connectivity index (χ3n) is 4.82. The van der Waals surface area contributed by atoms with Crippen molar-refractivity contribution in [1.29, 1.82) is 0 Å². The van der Waals surface area contributed by atoms with Crippen LogP contribution in [0.25, 0.3) is 5.70 Å². The fourth-order valence-corrected chi connectivity index (χ4v) is 4.72. The Hall–Kier alpha value is -2.52. The summed E-state index contributed by atoms with van der Waals surface area (Å²) in [4.78, 5) is 17.9. The number of hydrazone groups is 1. The van der Waals surface area contributed by atoms with Gasteiger partial charge in [-0.2, -0.15) is 0 Å². The van der Waals surface area contributed by atoms with E-state index in [2.05, 4.69) is 28.2 Å². The number of phenolic OH excluding ortho intramolecular Hbond substituents is 1. The molecule has 2 aromatic carbocycles. The van der Waals surface area contributed by atoms with Crippen molar-refractivity contribution in [2.75, 3.05) is 12.9 Å². The zero-order valence-corrected chi connectivity index (χ0v) is 19.0. The number of amides is 1. The zero-order valence-electron chi connectivity index (χ0n) is 16.6. The van der Waals surface area contributed by atoms with E-state index < -0.39 is 6.17 Å². The van der Waals surface area contributed by atoms with Crippen LogP contribution in [-0.4, -0.2) is 34.1 Å². The van der Waals surface area contributed by atoms with Crippen LogP contribution in [0, 0.1) is 0 Å². The number of halogens is 1. The van der Waals surface area contributed by atoms with Crippen molar-refractivity contribution >= 4 is 44.5 Å². The summed E-state index contributed by atoms with van der Waals surface area (Å²) in [7, 11) is 1.49. The van der Waals surface area contributed by atoms with E-state index in [1.54, 1.807) is 17.1 Å². The van der Waals surface area contributed by atoms with E-state index in [1.165, 1.54) is 18.9 Å². The van der Waals surface area contributed by atoms with Crippen LogP contribution in [0.5, 0.6) is 11.5 Å². The predicted molar refractivity (Wildman–Crippen MR) is 121 cm³/mol. The lowest BCUT2D eigenvalue weighted by molar-refractivity contribution is -0.116. The summed E-state index contributed by atoms with van der Waals surface area (Å²) in [5.41, 5.74) is 1.19. The minimum absolute atomic E-state index is 0.0114. The fraction of sp³-hybridized carbons (Fsp3) is 0.286. The number of para-hydroxylation sites is 1. The van der Waals surface area contributed by atoms with Gasteiger partial charge in [0.2, 0.25) is 0 Å². The summed E-state index contributed by atoms with van der Waals surface area (Å²) in [5.74, 6) is 0.993. The highest BCUT2D eigenvalue weighted by molar-refractivity contribution is 9.10. The van der Waals surface area contributed by atoms with E-state index in [0.717, 1.165) is 29.4 Å². The van der Waals surface area contributed by atoms with Crippen molar-refractivity contribution in [2.24, 2.45) is 10.1 Å². The average Bonchev–Trinajstić information content (AvgIpc) is 2.75. The SMILES string of the molecule is CCCCSC1=NN2C(=c3ccccc3=NC2c2cc(Br)c(O)c(OC)c2)C(=O)N1. The Balaban J connectivity index is 1.87. The van der Waals surface area contributed by atoms with E-state index in [4.69, 9.17) is 14.8 Å². The van der Waals surface area contributed by atoms with Crippen molar-refractivity contribution in [3.63, 3.8) is 0 Å². The first-order chi connectivity index (χ1) is 14.5. The Morgan fingerprint density at radius 1 is 1.33 bits per heavy atom. The number of aromatic hydroxyl groups is 1. The smallest absolute Gasteiger partial charge is 0.276 e. The minimum Gasteiger partial charge on any atom is -0.503 e. The number of amidine groups is 1. The summed E-state index contributed by atoms with van der Waals surface area (Å²) in [5, 5.41) is 21.5. The number of methoxy groups -OCH3 is 1. The standard InChI is InChI=1S/C21H21BrN4O3S/c1-3-4-9-30-21-24-20(28)17-13-7-5-6-8-15(13)23-19(26(17)25-21)12-10-14(22)18(27)16(11-12)29-2/h5-8,10-11,19,27H,3-4,9H2,1-2H3,(H,24,25,28). The molecule has 0 saturated heterocycles. The molecule has 1 amide bonds. The molecule has 2 aromatic rings. The van der Waals surface area contributed by atoms with Gasteiger partial charge in [0.1, 0.15) is 5.70 Å². The zero-order chi connectivity index (χ0) is 21.3. The van der Waals surface area contributed by atoms with E-state index >= 15 is 0 Å². The second-order valence-electron chi connectivity index (χ2n) is 6.83. The highest BCUT2D eigenvalue weighted by Gasteiger charge is 2.35. The Bertz CT molecular complexity index is 1150. The molecule has 4 rings (SSSR count). The number of benzene rings is 2. The van der Waals surface area contributed by atoms with E-state index in [1.807, 2.05) is 24.3 Å². The van der Waals surface area contributed by atoms with Crippen molar-refractivity contribution in [3.05, 3.63) is 57.0 Å². The molecule has 0 aromatic heterocycles. The molecule has 156 valence electrons. The Kier molecular flexibility index (Phi) is 6.01. The molecule has 0 saturated carbocycles. The highest BCUT2D eigenvalue weighted by Crippen LogP contribution is 2.40. The maximum Gasteiger partial charge on any atom is 0.276 e. The number of unbranched alkanes of at least 4 members (excludes halogenated alkanes) is 1. The van der Waals surface area contributed by atoms with Crippen LogP contribution in [0.4, 0.5) is 0 Å². The molecule has 2 aliphatic rings. The number of phenols is 1. The van der Waals surface area contributed by atoms with E-state index in [-0.39, 0.29) is 11.7 Å². The van der Waals surface area contributed by atoms with Crippen LogP contribution in [0.1, 0.15) is 31.5 Å². The number of ether oxygens (including phenoxy) is 1. The first kappa shape index (κ1) is 20.7. The Morgan fingerprint density at radius 2 is 2.13 bits per heavy atom. The van der Waals surface area contributed by atoms with Crippen LogP contribution in [-0.2, 0) is 4.79 Å². The molecule has 0 bridgehead atoms. The van der Waals surface area contributed by atoms with Gasteiger partial charge in [-0.05, 0) is 40.5 Å². The van der Waals surface area contributed by atoms with Gasteiger partial charge in [0.25, 0.3) is 5.91 Å². The lowest BCUT2D eigenvalue weighted by Crippen LogP contribution is -2.50. The monoisotopic (exact) mass is 488 g/mol. The van der Waals surface area contributed by atoms with Gasteiger partial charge in [-0.3, -0.25) is 15.1 Å². The second-order valence-corrected chi connectivity index (χ2v) is 8.77. The first-order valence-corrected chi connectivity index (χ1v) is 11.4. The van der Waals surface area contributed by atoms with Gasteiger partial charge in [-0.25, -0.2) is 5.01 Å². The number of fused-ring (bicyclic) bond motifs is 2. The third-order valence-corrected chi connectivity index (χ3v) is 6.38.